The first-order valence-electron chi connectivity index (χ1n) is 5.11. The summed E-state index contributed by atoms with van der Waals surface area (Å²) in [7, 11) is 0. The molecule has 0 bridgehead atoms. The van der Waals surface area contributed by atoms with Crippen LogP contribution in [0.25, 0.3) is 0 Å². The monoisotopic (exact) mass is 181 g/mol. The van der Waals surface area contributed by atoms with E-state index in [9.17, 15) is 5.11 Å². The third kappa shape index (κ3) is 4.13. The highest BCUT2D eigenvalue weighted by molar-refractivity contribution is 4.90. The van der Waals surface area contributed by atoms with E-state index in [1.165, 1.54) is 12.8 Å². The second-order valence-corrected chi connectivity index (χ2v) is 3.53. The molecule has 1 atom stereocenters. The van der Waals surface area contributed by atoms with Crippen molar-refractivity contribution in [2.45, 2.75) is 45.3 Å². The van der Waals surface area contributed by atoms with Crippen LogP contribution in [-0.4, -0.2) is 15.8 Å². The predicted molar refractivity (Wildman–Crippen MR) is 54.6 cm³/mol. The van der Waals surface area contributed by atoms with E-state index < -0.39 is 0 Å². The molecule has 0 aliphatic rings. The maximum absolute atomic E-state index is 9.63. The molecule has 1 rings (SSSR count). The van der Waals surface area contributed by atoms with Crippen LogP contribution in [0.1, 0.15) is 32.6 Å². The maximum atomic E-state index is 9.63. The fourth-order valence-corrected chi connectivity index (χ4v) is 1.46. The number of rotatable bonds is 6. The van der Waals surface area contributed by atoms with Crippen molar-refractivity contribution in [3.63, 3.8) is 0 Å². The van der Waals surface area contributed by atoms with Crippen LogP contribution in [0.3, 0.4) is 0 Å². The molecule has 1 N–H and O–H groups in total. The van der Waals surface area contributed by atoms with Crippen LogP contribution in [0.5, 0.6) is 0 Å². The van der Waals surface area contributed by atoms with Crippen LogP contribution >= 0.6 is 0 Å². The second kappa shape index (κ2) is 5.81. The lowest BCUT2D eigenvalue weighted by Gasteiger charge is -2.10. The largest absolute Gasteiger partial charge is 0.391 e. The summed E-state index contributed by atoms with van der Waals surface area (Å²) in [6.45, 7) is 2.91. The molecule has 1 aromatic rings. The summed E-state index contributed by atoms with van der Waals surface area (Å²) in [6, 6.07) is 3.97. The van der Waals surface area contributed by atoms with Crippen LogP contribution in [-0.2, 0) is 6.54 Å². The van der Waals surface area contributed by atoms with Gasteiger partial charge in [-0.15, -0.1) is 0 Å². The van der Waals surface area contributed by atoms with Crippen molar-refractivity contribution in [1.82, 2.24) is 4.57 Å². The van der Waals surface area contributed by atoms with Crippen molar-refractivity contribution in [1.29, 1.82) is 0 Å². The third-order valence-electron chi connectivity index (χ3n) is 2.23. The van der Waals surface area contributed by atoms with Gasteiger partial charge in [0.2, 0.25) is 0 Å². The van der Waals surface area contributed by atoms with Gasteiger partial charge >= 0.3 is 0 Å². The van der Waals surface area contributed by atoms with Gasteiger partial charge in [0.25, 0.3) is 0 Å². The Hall–Kier alpha value is -0.760. The number of hydrogen-bond donors (Lipinski definition) is 1. The Bertz CT molecular complexity index is 206. The molecule has 1 heterocycles. The first-order valence-corrected chi connectivity index (χ1v) is 5.11. The van der Waals surface area contributed by atoms with Crippen LogP contribution < -0.4 is 0 Å². The molecule has 0 aliphatic heterocycles. The Balaban J connectivity index is 2.14. The molecule has 0 saturated heterocycles. The van der Waals surface area contributed by atoms with Crippen LogP contribution in [0.4, 0.5) is 0 Å². The second-order valence-electron chi connectivity index (χ2n) is 3.53. The fraction of sp³-hybridized carbons (Fsp3) is 0.636. The molecule has 0 amide bonds. The molecular formula is C11H19NO. The minimum absolute atomic E-state index is 0.182. The van der Waals surface area contributed by atoms with Gasteiger partial charge < -0.3 is 9.67 Å². The van der Waals surface area contributed by atoms with Gasteiger partial charge in [0.05, 0.1) is 6.10 Å². The maximum Gasteiger partial charge on any atom is 0.0718 e. The van der Waals surface area contributed by atoms with Gasteiger partial charge in [-0.3, -0.25) is 0 Å². The molecule has 2 heteroatoms. The van der Waals surface area contributed by atoms with Crippen LogP contribution in [0.2, 0.25) is 0 Å². The molecule has 13 heavy (non-hydrogen) atoms. The van der Waals surface area contributed by atoms with Gasteiger partial charge in [-0.1, -0.05) is 26.2 Å². The van der Waals surface area contributed by atoms with E-state index >= 15 is 0 Å². The van der Waals surface area contributed by atoms with Crippen molar-refractivity contribution >= 4 is 0 Å². The van der Waals surface area contributed by atoms with E-state index in [1.54, 1.807) is 0 Å². The lowest BCUT2D eigenvalue weighted by atomic mass is 10.1. The molecule has 74 valence electrons. The Morgan fingerprint density at radius 3 is 2.54 bits per heavy atom. The van der Waals surface area contributed by atoms with Gasteiger partial charge in [0.1, 0.15) is 0 Å². The molecule has 0 aliphatic carbocycles. The minimum atomic E-state index is -0.182. The topological polar surface area (TPSA) is 25.2 Å². The molecular weight excluding hydrogens is 162 g/mol. The highest BCUT2D eigenvalue weighted by Gasteiger charge is 2.03. The lowest BCUT2D eigenvalue weighted by molar-refractivity contribution is 0.141. The normalized spacial score (nSPS) is 13.1. The molecule has 0 aromatic carbocycles. The molecule has 0 fully saturated rings. The first-order chi connectivity index (χ1) is 6.33. The van der Waals surface area contributed by atoms with E-state index in [-0.39, 0.29) is 6.10 Å². The van der Waals surface area contributed by atoms with E-state index in [0.29, 0.717) is 0 Å². The first kappa shape index (κ1) is 10.3. The highest BCUT2D eigenvalue weighted by Crippen LogP contribution is 2.05. The minimum Gasteiger partial charge on any atom is -0.391 e. The zero-order valence-corrected chi connectivity index (χ0v) is 8.32. The standard InChI is InChI=1S/C11H19NO/c1-2-3-4-7-11(13)10-12-8-5-6-9-12/h5-6,8-9,11,13H,2-4,7,10H2,1H3. The van der Waals surface area contributed by atoms with E-state index in [1.807, 2.05) is 29.1 Å². The molecule has 0 radical (unpaired) electrons. The highest BCUT2D eigenvalue weighted by atomic mass is 16.3. The van der Waals surface area contributed by atoms with E-state index in [0.717, 1.165) is 19.4 Å². The number of aromatic nitrogens is 1. The smallest absolute Gasteiger partial charge is 0.0718 e. The molecule has 2 nitrogen and oxygen atoms in total. The van der Waals surface area contributed by atoms with Gasteiger partial charge in [-0.05, 0) is 18.6 Å². The number of hydrogen-bond acceptors (Lipinski definition) is 1. The Morgan fingerprint density at radius 2 is 1.92 bits per heavy atom. The van der Waals surface area contributed by atoms with Gasteiger partial charge in [-0.25, -0.2) is 0 Å². The number of aliphatic hydroxyl groups excluding tert-OH is 1. The van der Waals surface area contributed by atoms with Crippen molar-refractivity contribution in [2.24, 2.45) is 0 Å². The summed E-state index contributed by atoms with van der Waals surface area (Å²) < 4.78 is 2.02. The number of nitrogens with zero attached hydrogens (tertiary/aromatic N) is 1. The van der Waals surface area contributed by atoms with Gasteiger partial charge in [0, 0.05) is 18.9 Å². The van der Waals surface area contributed by atoms with Crippen molar-refractivity contribution in [2.75, 3.05) is 0 Å². The summed E-state index contributed by atoms with van der Waals surface area (Å²) in [5.41, 5.74) is 0. The fourth-order valence-electron chi connectivity index (χ4n) is 1.46. The molecule has 1 aromatic heterocycles. The Labute approximate surface area is 80.2 Å². The molecule has 0 spiro atoms. The average molecular weight is 181 g/mol. The van der Waals surface area contributed by atoms with Gasteiger partial charge in [-0.2, -0.15) is 0 Å². The summed E-state index contributed by atoms with van der Waals surface area (Å²) in [5, 5.41) is 9.63. The number of aliphatic hydroxyl groups is 1. The Morgan fingerprint density at radius 1 is 1.23 bits per heavy atom. The molecule has 1 unspecified atom stereocenters. The van der Waals surface area contributed by atoms with E-state index in [4.69, 9.17) is 0 Å². The summed E-state index contributed by atoms with van der Waals surface area (Å²) >= 11 is 0. The van der Waals surface area contributed by atoms with Crippen LogP contribution in [0, 0.1) is 0 Å². The van der Waals surface area contributed by atoms with Crippen LogP contribution in [0.15, 0.2) is 24.5 Å². The van der Waals surface area contributed by atoms with Gasteiger partial charge in [0.15, 0.2) is 0 Å². The summed E-state index contributed by atoms with van der Waals surface area (Å²) in [4.78, 5) is 0. The Kier molecular flexibility index (Phi) is 4.61. The van der Waals surface area contributed by atoms with E-state index in [2.05, 4.69) is 6.92 Å². The number of unbranched alkanes of at least 4 members (excludes halogenated alkanes) is 2. The summed E-state index contributed by atoms with van der Waals surface area (Å²) in [6.07, 6.45) is 8.30. The average Bonchev–Trinajstić information content (AvgIpc) is 2.57. The van der Waals surface area contributed by atoms with Crippen molar-refractivity contribution in [3.8, 4) is 0 Å². The third-order valence-corrected chi connectivity index (χ3v) is 2.23. The predicted octanol–water partition coefficient (Wildman–Crippen LogP) is 2.43. The lowest BCUT2D eigenvalue weighted by Crippen LogP contribution is -2.14. The quantitative estimate of drug-likeness (QED) is 0.670. The summed E-state index contributed by atoms with van der Waals surface area (Å²) in [5.74, 6) is 0. The van der Waals surface area contributed by atoms with Crippen molar-refractivity contribution in [3.05, 3.63) is 24.5 Å². The van der Waals surface area contributed by atoms with Crippen molar-refractivity contribution < 1.29 is 5.11 Å². The zero-order chi connectivity index (χ0) is 9.52. The SMILES string of the molecule is CCCCCC(O)Cn1cccc1. The molecule has 0 saturated carbocycles. The zero-order valence-electron chi connectivity index (χ0n) is 8.32.